The third kappa shape index (κ3) is 4.55. The summed E-state index contributed by atoms with van der Waals surface area (Å²) < 4.78 is 10.5. The molecule has 1 aromatic carbocycles. The number of carboxylic acid groups (broad SMARTS) is 1. The Hall–Kier alpha value is -2.15. The summed E-state index contributed by atoms with van der Waals surface area (Å²) in [5.74, 6) is -1.11. The maximum Gasteiger partial charge on any atom is 0.342 e. The highest BCUT2D eigenvalue weighted by Gasteiger charge is 2.20. The van der Waals surface area contributed by atoms with Gasteiger partial charge in [0.15, 0.2) is 0 Å². The Bertz CT molecular complexity index is 471. The molecule has 1 aromatic rings. The van der Waals surface area contributed by atoms with Gasteiger partial charge in [-0.1, -0.05) is 0 Å². The number of hydrogen-bond acceptors (Lipinski definition) is 5. The van der Waals surface area contributed by atoms with Gasteiger partial charge in [0.25, 0.3) is 5.69 Å². The zero-order chi connectivity index (χ0) is 14.4. The van der Waals surface area contributed by atoms with Gasteiger partial charge in [0, 0.05) is 0 Å². The summed E-state index contributed by atoms with van der Waals surface area (Å²) in [4.78, 5) is 20.8. The van der Waals surface area contributed by atoms with Crippen LogP contribution in [0.3, 0.4) is 0 Å². The SMILES string of the molecule is CC(C)OCCOc1ccc(C(=O)O)c([N+](=O)[O-])c1. The maximum atomic E-state index is 10.8. The fourth-order valence-electron chi connectivity index (χ4n) is 1.38. The standard InChI is InChI=1S/C12H15NO6/c1-8(2)18-5-6-19-9-3-4-10(12(14)15)11(7-9)13(16)17/h3-4,7-8H,5-6H2,1-2H3,(H,14,15). The highest BCUT2D eigenvalue weighted by atomic mass is 16.6. The van der Waals surface area contributed by atoms with Gasteiger partial charge < -0.3 is 14.6 Å². The van der Waals surface area contributed by atoms with Gasteiger partial charge in [-0.2, -0.15) is 0 Å². The molecule has 0 spiro atoms. The maximum absolute atomic E-state index is 10.8. The summed E-state index contributed by atoms with van der Waals surface area (Å²) in [6.07, 6.45) is 0.0762. The first-order valence-electron chi connectivity index (χ1n) is 5.68. The molecule has 0 saturated carbocycles. The van der Waals surface area contributed by atoms with E-state index in [0.717, 1.165) is 12.1 Å². The van der Waals surface area contributed by atoms with E-state index in [4.69, 9.17) is 14.6 Å². The molecule has 0 aliphatic carbocycles. The number of nitro benzene ring substituents is 1. The molecular weight excluding hydrogens is 254 g/mol. The molecule has 0 bridgehead atoms. The molecule has 1 rings (SSSR count). The van der Waals surface area contributed by atoms with E-state index in [1.165, 1.54) is 6.07 Å². The number of aromatic carboxylic acids is 1. The van der Waals surface area contributed by atoms with Gasteiger partial charge in [-0.25, -0.2) is 4.79 Å². The Morgan fingerprint density at radius 2 is 2.11 bits per heavy atom. The van der Waals surface area contributed by atoms with Crippen molar-refractivity contribution in [2.24, 2.45) is 0 Å². The molecule has 0 unspecified atom stereocenters. The molecule has 0 heterocycles. The van der Waals surface area contributed by atoms with E-state index in [1.807, 2.05) is 13.8 Å². The number of benzene rings is 1. The van der Waals surface area contributed by atoms with Gasteiger partial charge in [-0.15, -0.1) is 0 Å². The van der Waals surface area contributed by atoms with Crippen LogP contribution in [-0.2, 0) is 4.74 Å². The number of ether oxygens (including phenoxy) is 2. The Balaban J connectivity index is 2.73. The number of rotatable bonds is 7. The fraction of sp³-hybridized carbons (Fsp3) is 0.417. The Morgan fingerprint density at radius 3 is 2.63 bits per heavy atom. The van der Waals surface area contributed by atoms with Crippen LogP contribution in [0.4, 0.5) is 5.69 Å². The third-order valence-electron chi connectivity index (χ3n) is 2.20. The highest BCUT2D eigenvalue weighted by molar-refractivity contribution is 5.92. The molecule has 7 nitrogen and oxygen atoms in total. The van der Waals surface area contributed by atoms with Gasteiger partial charge >= 0.3 is 5.97 Å². The lowest BCUT2D eigenvalue weighted by atomic mass is 10.2. The molecule has 0 aliphatic heterocycles. The minimum atomic E-state index is -1.35. The first-order chi connectivity index (χ1) is 8.91. The van der Waals surface area contributed by atoms with E-state index in [0.29, 0.717) is 6.61 Å². The first kappa shape index (κ1) is 14.9. The van der Waals surface area contributed by atoms with Crippen molar-refractivity contribution in [1.29, 1.82) is 0 Å². The van der Waals surface area contributed by atoms with Crippen molar-refractivity contribution in [3.8, 4) is 5.75 Å². The van der Waals surface area contributed by atoms with E-state index >= 15 is 0 Å². The number of hydrogen-bond donors (Lipinski definition) is 1. The predicted octanol–water partition coefficient (Wildman–Crippen LogP) is 2.10. The van der Waals surface area contributed by atoms with E-state index in [1.54, 1.807) is 0 Å². The van der Waals surface area contributed by atoms with Crippen LogP contribution < -0.4 is 4.74 Å². The molecule has 104 valence electrons. The third-order valence-corrected chi connectivity index (χ3v) is 2.20. The Kier molecular flexibility index (Phi) is 5.25. The van der Waals surface area contributed by atoms with E-state index in [-0.39, 0.29) is 24.0 Å². The number of carboxylic acids is 1. The summed E-state index contributed by atoms with van der Waals surface area (Å²) in [6.45, 7) is 4.35. The topological polar surface area (TPSA) is 98.9 Å². The quantitative estimate of drug-likeness (QED) is 0.462. The van der Waals surface area contributed by atoms with Crippen molar-refractivity contribution in [2.75, 3.05) is 13.2 Å². The summed E-state index contributed by atoms with van der Waals surface area (Å²) in [5.41, 5.74) is -0.856. The van der Waals surface area contributed by atoms with Gasteiger partial charge in [-0.05, 0) is 26.0 Å². The van der Waals surface area contributed by atoms with Crippen LogP contribution in [-0.4, -0.2) is 35.3 Å². The monoisotopic (exact) mass is 269 g/mol. The van der Waals surface area contributed by atoms with Crippen LogP contribution in [0.2, 0.25) is 0 Å². The minimum absolute atomic E-state index is 0.0762. The Labute approximate surface area is 109 Å². The van der Waals surface area contributed by atoms with Crippen LogP contribution in [0, 0.1) is 10.1 Å². The molecule has 0 aromatic heterocycles. The zero-order valence-electron chi connectivity index (χ0n) is 10.7. The second-order valence-electron chi connectivity index (χ2n) is 4.01. The van der Waals surface area contributed by atoms with Gasteiger partial charge in [0.1, 0.15) is 17.9 Å². The lowest BCUT2D eigenvalue weighted by molar-refractivity contribution is -0.385. The average Bonchev–Trinajstić information content (AvgIpc) is 2.33. The highest BCUT2D eigenvalue weighted by Crippen LogP contribution is 2.24. The summed E-state index contributed by atoms with van der Waals surface area (Å²) in [7, 11) is 0. The largest absolute Gasteiger partial charge is 0.491 e. The molecule has 0 aliphatic rings. The summed E-state index contributed by atoms with van der Waals surface area (Å²) in [6, 6.07) is 3.63. The van der Waals surface area contributed by atoms with Crippen molar-refractivity contribution in [2.45, 2.75) is 20.0 Å². The van der Waals surface area contributed by atoms with Crippen LogP contribution in [0.5, 0.6) is 5.75 Å². The van der Waals surface area contributed by atoms with Crippen LogP contribution in [0.15, 0.2) is 18.2 Å². The Morgan fingerprint density at radius 1 is 1.42 bits per heavy atom. The smallest absolute Gasteiger partial charge is 0.342 e. The molecule has 0 amide bonds. The van der Waals surface area contributed by atoms with Gasteiger partial charge in [-0.3, -0.25) is 10.1 Å². The minimum Gasteiger partial charge on any atom is -0.491 e. The zero-order valence-corrected chi connectivity index (χ0v) is 10.7. The van der Waals surface area contributed by atoms with Crippen LogP contribution in [0.1, 0.15) is 24.2 Å². The molecule has 0 atom stereocenters. The van der Waals surface area contributed by atoms with Crippen LogP contribution in [0.25, 0.3) is 0 Å². The molecular formula is C12H15NO6. The number of nitro groups is 1. The molecule has 0 saturated heterocycles. The summed E-state index contributed by atoms with van der Waals surface area (Å²) in [5, 5.41) is 19.6. The van der Waals surface area contributed by atoms with Crippen molar-refractivity contribution in [1.82, 2.24) is 0 Å². The molecule has 0 radical (unpaired) electrons. The molecule has 1 N–H and O–H groups in total. The van der Waals surface area contributed by atoms with Crippen molar-refractivity contribution in [3.63, 3.8) is 0 Å². The first-order valence-corrected chi connectivity index (χ1v) is 5.68. The van der Waals surface area contributed by atoms with E-state index in [2.05, 4.69) is 0 Å². The van der Waals surface area contributed by atoms with E-state index < -0.39 is 16.6 Å². The molecule has 7 heteroatoms. The van der Waals surface area contributed by atoms with Crippen molar-refractivity contribution >= 4 is 11.7 Å². The lowest BCUT2D eigenvalue weighted by Crippen LogP contribution is -2.11. The van der Waals surface area contributed by atoms with Gasteiger partial charge in [0.2, 0.25) is 0 Å². The molecule has 19 heavy (non-hydrogen) atoms. The number of nitrogens with zero attached hydrogens (tertiary/aromatic N) is 1. The van der Waals surface area contributed by atoms with Crippen molar-refractivity contribution < 1.29 is 24.3 Å². The predicted molar refractivity (Wildman–Crippen MR) is 66.6 cm³/mol. The summed E-state index contributed by atoms with van der Waals surface area (Å²) >= 11 is 0. The van der Waals surface area contributed by atoms with Crippen LogP contribution >= 0.6 is 0 Å². The number of carbonyl (C=O) groups is 1. The lowest BCUT2D eigenvalue weighted by Gasteiger charge is -2.09. The second-order valence-corrected chi connectivity index (χ2v) is 4.01. The normalized spacial score (nSPS) is 10.5. The fourth-order valence-corrected chi connectivity index (χ4v) is 1.38. The van der Waals surface area contributed by atoms with E-state index in [9.17, 15) is 14.9 Å². The average molecular weight is 269 g/mol. The van der Waals surface area contributed by atoms with Crippen molar-refractivity contribution in [3.05, 3.63) is 33.9 Å². The molecule has 0 fully saturated rings. The van der Waals surface area contributed by atoms with Gasteiger partial charge in [0.05, 0.1) is 23.7 Å². The second kappa shape index (κ2) is 6.69.